The van der Waals surface area contributed by atoms with Gasteiger partial charge in [0.1, 0.15) is 17.2 Å². The smallest absolute Gasteiger partial charge is 0.260 e. The van der Waals surface area contributed by atoms with Gasteiger partial charge in [0.2, 0.25) is 0 Å². The molecule has 18 heavy (non-hydrogen) atoms. The molecule has 1 aliphatic rings. The molecule has 4 heteroatoms. The Morgan fingerprint density at radius 1 is 1.50 bits per heavy atom. The number of hydrogen-bond donors (Lipinski definition) is 0. The second-order valence-electron chi connectivity index (χ2n) is 4.52. The van der Waals surface area contributed by atoms with Gasteiger partial charge in [-0.3, -0.25) is 4.79 Å². The van der Waals surface area contributed by atoms with E-state index < -0.39 is 23.1 Å². The maximum atomic E-state index is 14.0. The molecular formula is C14H15F2NO. The number of carbonyl (C=O) groups excluding carboxylic acids is 1. The summed E-state index contributed by atoms with van der Waals surface area (Å²) in [7, 11) is 0. The highest BCUT2D eigenvalue weighted by molar-refractivity contribution is 5.95. The van der Waals surface area contributed by atoms with Crippen molar-refractivity contribution in [2.45, 2.75) is 25.8 Å². The summed E-state index contributed by atoms with van der Waals surface area (Å²) in [5, 5.41) is 0. The number of carbonyl (C=O) groups is 1. The van der Waals surface area contributed by atoms with E-state index in [1.165, 1.54) is 17.0 Å². The van der Waals surface area contributed by atoms with Crippen LogP contribution in [0.1, 0.15) is 35.7 Å². The van der Waals surface area contributed by atoms with Crippen LogP contribution in [0.4, 0.5) is 8.78 Å². The van der Waals surface area contributed by atoms with Gasteiger partial charge in [-0.15, -0.1) is 0 Å². The summed E-state index contributed by atoms with van der Waals surface area (Å²) in [6.45, 7) is 5.89. The van der Waals surface area contributed by atoms with Crippen molar-refractivity contribution in [3.8, 4) is 0 Å². The highest BCUT2D eigenvalue weighted by atomic mass is 19.1. The molecule has 1 fully saturated rings. The van der Waals surface area contributed by atoms with Gasteiger partial charge in [0.05, 0.1) is 0 Å². The van der Waals surface area contributed by atoms with Crippen molar-refractivity contribution >= 4 is 12.0 Å². The molecule has 1 aromatic carbocycles. The van der Waals surface area contributed by atoms with Crippen LogP contribution in [0.15, 0.2) is 18.7 Å². The lowest BCUT2D eigenvalue weighted by Crippen LogP contribution is -2.34. The topological polar surface area (TPSA) is 20.3 Å². The van der Waals surface area contributed by atoms with Crippen molar-refractivity contribution in [1.82, 2.24) is 4.90 Å². The fraction of sp³-hybridized carbons (Fsp3) is 0.357. The lowest BCUT2D eigenvalue weighted by molar-refractivity contribution is 0.0737. The minimum absolute atomic E-state index is 0.0312. The molecule has 1 unspecified atom stereocenters. The summed E-state index contributed by atoms with van der Waals surface area (Å²) in [6.07, 6.45) is 3.02. The van der Waals surface area contributed by atoms with Crippen LogP contribution >= 0.6 is 0 Å². The molecule has 0 radical (unpaired) electrons. The van der Waals surface area contributed by atoms with Crippen LogP contribution < -0.4 is 0 Å². The number of rotatable bonds is 2. The van der Waals surface area contributed by atoms with Gasteiger partial charge in [-0.05, 0) is 31.9 Å². The zero-order chi connectivity index (χ0) is 13.3. The van der Waals surface area contributed by atoms with E-state index in [0.29, 0.717) is 6.54 Å². The first-order valence-corrected chi connectivity index (χ1v) is 5.97. The Labute approximate surface area is 105 Å². The molecule has 0 aromatic heterocycles. The molecule has 0 spiro atoms. The van der Waals surface area contributed by atoms with Gasteiger partial charge >= 0.3 is 0 Å². The monoisotopic (exact) mass is 251 g/mol. The van der Waals surface area contributed by atoms with Crippen molar-refractivity contribution in [2.75, 3.05) is 6.54 Å². The Morgan fingerprint density at radius 2 is 2.22 bits per heavy atom. The minimum Gasteiger partial charge on any atom is -0.336 e. The van der Waals surface area contributed by atoms with Crippen molar-refractivity contribution in [1.29, 1.82) is 0 Å². The zero-order valence-corrected chi connectivity index (χ0v) is 10.2. The number of benzene rings is 1. The SMILES string of the molecule is C=Cc1ccc(F)c(C(=O)N2CCCC2C)c1F. The zero-order valence-electron chi connectivity index (χ0n) is 10.2. The molecule has 0 saturated carbocycles. The maximum Gasteiger partial charge on any atom is 0.260 e. The minimum atomic E-state index is -0.825. The Kier molecular flexibility index (Phi) is 3.45. The summed E-state index contributed by atoms with van der Waals surface area (Å²) >= 11 is 0. The highest BCUT2D eigenvalue weighted by Crippen LogP contribution is 2.24. The molecule has 0 aliphatic carbocycles. The molecule has 1 saturated heterocycles. The predicted molar refractivity (Wildman–Crippen MR) is 66.2 cm³/mol. The molecule has 1 heterocycles. The first-order valence-electron chi connectivity index (χ1n) is 5.97. The molecule has 0 bridgehead atoms. The number of amides is 1. The third-order valence-corrected chi connectivity index (χ3v) is 3.37. The Hall–Kier alpha value is -1.71. The van der Waals surface area contributed by atoms with E-state index in [4.69, 9.17) is 0 Å². The van der Waals surface area contributed by atoms with E-state index >= 15 is 0 Å². The normalized spacial score (nSPS) is 19.1. The van der Waals surface area contributed by atoms with E-state index in [-0.39, 0.29) is 11.6 Å². The third-order valence-electron chi connectivity index (χ3n) is 3.37. The van der Waals surface area contributed by atoms with Crippen molar-refractivity contribution < 1.29 is 13.6 Å². The lowest BCUT2D eigenvalue weighted by atomic mass is 10.1. The molecule has 1 amide bonds. The molecule has 1 aromatic rings. The summed E-state index contributed by atoms with van der Waals surface area (Å²) in [5.41, 5.74) is -0.326. The van der Waals surface area contributed by atoms with Crippen LogP contribution in [0, 0.1) is 11.6 Å². The number of hydrogen-bond acceptors (Lipinski definition) is 1. The van der Waals surface area contributed by atoms with Crippen LogP contribution in [0.5, 0.6) is 0 Å². The number of likely N-dealkylation sites (tertiary alicyclic amines) is 1. The van der Waals surface area contributed by atoms with Gasteiger partial charge in [0.15, 0.2) is 0 Å². The summed E-state index contributed by atoms with van der Waals surface area (Å²) in [4.78, 5) is 13.7. The Balaban J connectivity index is 2.44. The van der Waals surface area contributed by atoms with Crippen molar-refractivity contribution in [3.63, 3.8) is 0 Å². The van der Waals surface area contributed by atoms with Gasteiger partial charge in [0, 0.05) is 18.2 Å². The van der Waals surface area contributed by atoms with Gasteiger partial charge in [-0.1, -0.05) is 12.7 Å². The lowest BCUT2D eigenvalue weighted by Gasteiger charge is -2.22. The Bertz CT molecular complexity index is 499. The Morgan fingerprint density at radius 3 is 2.78 bits per heavy atom. The number of halogens is 2. The second-order valence-corrected chi connectivity index (χ2v) is 4.52. The maximum absolute atomic E-state index is 14.0. The number of nitrogens with zero attached hydrogens (tertiary/aromatic N) is 1. The molecule has 2 nitrogen and oxygen atoms in total. The molecule has 1 atom stereocenters. The fourth-order valence-corrected chi connectivity index (χ4v) is 2.30. The quantitative estimate of drug-likeness (QED) is 0.790. The molecule has 0 N–H and O–H groups in total. The summed E-state index contributed by atoms with van der Waals surface area (Å²) in [5.74, 6) is -2.21. The van der Waals surface area contributed by atoms with Gasteiger partial charge < -0.3 is 4.90 Å². The van der Waals surface area contributed by atoms with Crippen LogP contribution in [0.3, 0.4) is 0 Å². The molecule has 96 valence electrons. The summed E-state index contributed by atoms with van der Waals surface area (Å²) in [6, 6.07) is 2.42. The molecular weight excluding hydrogens is 236 g/mol. The van der Waals surface area contributed by atoms with Crippen LogP contribution in [-0.4, -0.2) is 23.4 Å². The molecule has 1 aliphatic heterocycles. The van der Waals surface area contributed by atoms with E-state index in [1.54, 1.807) is 0 Å². The average Bonchev–Trinajstić information content (AvgIpc) is 2.75. The summed E-state index contributed by atoms with van der Waals surface area (Å²) < 4.78 is 27.7. The molecule has 2 rings (SSSR count). The van der Waals surface area contributed by atoms with E-state index in [1.807, 2.05) is 6.92 Å². The van der Waals surface area contributed by atoms with Crippen LogP contribution in [0.25, 0.3) is 6.08 Å². The van der Waals surface area contributed by atoms with Crippen LogP contribution in [0.2, 0.25) is 0 Å². The predicted octanol–water partition coefficient (Wildman–Crippen LogP) is 3.23. The fourth-order valence-electron chi connectivity index (χ4n) is 2.30. The second kappa shape index (κ2) is 4.88. The van der Waals surface area contributed by atoms with E-state index in [2.05, 4.69) is 6.58 Å². The van der Waals surface area contributed by atoms with Crippen LogP contribution in [-0.2, 0) is 0 Å². The standard InChI is InChI=1S/C14H15F2NO/c1-3-10-6-7-11(15)12(13(10)16)14(18)17-8-4-5-9(17)2/h3,6-7,9H,1,4-5,8H2,2H3. The first-order chi connectivity index (χ1) is 8.56. The van der Waals surface area contributed by atoms with Gasteiger partial charge in [-0.2, -0.15) is 0 Å². The van der Waals surface area contributed by atoms with Gasteiger partial charge in [-0.25, -0.2) is 8.78 Å². The van der Waals surface area contributed by atoms with Crippen molar-refractivity contribution in [2.24, 2.45) is 0 Å². The van der Waals surface area contributed by atoms with Gasteiger partial charge in [0.25, 0.3) is 5.91 Å². The van der Waals surface area contributed by atoms with Crippen molar-refractivity contribution in [3.05, 3.63) is 41.5 Å². The van der Waals surface area contributed by atoms with E-state index in [9.17, 15) is 13.6 Å². The third kappa shape index (κ3) is 2.03. The largest absolute Gasteiger partial charge is 0.336 e. The average molecular weight is 251 g/mol. The highest BCUT2D eigenvalue weighted by Gasteiger charge is 2.30. The first kappa shape index (κ1) is 12.7. The van der Waals surface area contributed by atoms with E-state index in [0.717, 1.165) is 18.9 Å².